The fraction of sp³-hybridized carbons (Fsp3) is 0.667. The highest BCUT2D eigenvalue weighted by atomic mass is 35.5. The lowest BCUT2D eigenvalue weighted by molar-refractivity contribution is 0.0914. The molecule has 1 amide bonds. The summed E-state index contributed by atoms with van der Waals surface area (Å²) in [5.41, 5.74) is 6.47. The van der Waals surface area contributed by atoms with E-state index in [1.807, 2.05) is 13.8 Å². The summed E-state index contributed by atoms with van der Waals surface area (Å²) in [4.78, 5) is 12.3. The van der Waals surface area contributed by atoms with Crippen LogP contribution in [0.25, 0.3) is 0 Å². The summed E-state index contributed by atoms with van der Waals surface area (Å²) in [5.74, 6) is 1.91. The maximum atomic E-state index is 12.3. The molecule has 1 unspecified atom stereocenters. The van der Waals surface area contributed by atoms with Crippen molar-refractivity contribution < 1.29 is 9.21 Å². The van der Waals surface area contributed by atoms with E-state index in [2.05, 4.69) is 5.32 Å². The molecule has 1 saturated carbocycles. The Labute approximate surface area is 126 Å². The summed E-state index contributed by atoms with van der Waals surface area (Å²) >= 11 is 0. The normalized spacial score (nSPS) is 17.4. The SMILES string of the molecule is Cc1cc(C(=O)NC(CN)C2CCCCC2)c(C)o1.Cl. The van der Waals surface area contributed by atoms with Crippen LogP contribution in [0.5, 0.6) is 0 Å². The van der Waals surface area contributed by atoms with E-state index in [9.17, 15) is 4.79 Å². The van der Waals surface area contributed by atoms with Crippen LogP contribution in [0.3, 0.4) is 0 Å². The van der Waals surface area contributed by atoms with E-state index < -0.39 is 0 Å². The van der Waals surface area contributed by atoms with Gasteiger partial charge in [0.05, 0.1) is 5.56 Å². The lowest BCUT2D eigenvalue weighted by Gasteiger charge is -2.30. The van der Waals surface area contributed by atoms with E-state index in [1.165, 1.54) is 32.1 Å². The lowest BCUT2D eigenvalue weighted by atomic mass is 9.84. The molecule has 4 nitrogen and oxygen atoms in total. The van der Waals surface area contributed by atoms with Crippen molar-refractivity contribution in [3.8, 4) is 0 Å². The zero-order chi connectivity index (χ0) is 13.8. The average molecular weight is 301 g/mol. The molecule has 3 N–H and O–H groups in total. The lowest BCUT2D eigenvalue weighted by Crippen LogP contribution is -2.46. The maximum Gasteiger partial charge on any atom is 0.255 e. The molecule has 1 heterocycles. The van der Waals surface area contributed by atoms with Crippen molar-refractivity contribution in [1.29, 1.82) is 0 Å². The van der Waals surface area contributed by atoms with Gasteiger partial charge in [0.1, 0.15) is 11.5 Å². The number of nitrogens with one attached hydrogen (secondary N) is 1. The summed E-state index contributed by atoms with van der Waals surface area (Å²) < 4.78 is 5.40. The molecule has 20 heavy (non-hydrogen) atoms. The third-order valence-corrected chi connectivity index (χ3v) is 4.07. The van der Waals surface area contributed by atoms with Gasteiger partial charge >= 0.3 is 0 Å². The molecule has 1 atom stereocenters. The largest absolute Gasteiger partial charge is 0.466 e. The monoisotopic (exact) mass is 300 g/mol. The average Bonchev–Trinajstić information content (AvgIpc) is 2.76. The van der Waals surface area contributed by atoms with Crippen LogP contribution < -0.4 is 11.1 Å². The van der Waals surface area contributed by atoms with Crippen molar-refractivity contribution in [1.82, 2.24) is 5.32 Å². The van der Waals surface area contributed by atoms with Crippen molar-refractivity contribution >= 4 is 18.3 Å². The van der Waals surface area contributed by atoms with Gasteiger partial charge in [-0.05, 0) is 38.7 Å². The molecule has 1 aliphatic carbocycles. The van der Waals surface area contributed by atoms with Gasteiger partial charge in [-0.15, -0.1) is 12.4 Å². The number of carbonyl (C=O) groups excluding carboxylic acids is 1. The Morgan fingerprint density at radius 3 is 2.55 bits per heavy atom. The highest BCUT2D eigenvalue weighted by Gasteiger charge is 2.25. The van der Waals surface area contributed by atoms with Crippen molar-refractivity contribution in [3.05, 3.63) is 23.2 Å². The summed E-state index contributed by atoms with van der Waals surface area (Å²) in [6.07, 6.45) is 6.15. The van der Waals surface area contributed by atoms with Crippen LogP contribution in [0.1, 0.15) is 54.0 Å². The van der Waals surface area contributed by atoms with E-state index in [-0.39, 0.29) is 24.4 Å². The molecule has 1 aromatic heterocycles. The minimum Gasteiger partial charge on any atom is -0.466 e. The van der Waals surface area contributed by atoms with Gasteiger partial charge in [-0.1, -0.05) is 19.3 Å². The first kappa shape index (κ1) is 17.1. The molecule has 0 saturated heterocycles. The number of hydrogen-bond acceptors (Lipinski definition) is 3. The van der Waals surface area contributed by atoms with Crippen LogP contribution >= 0.6 is 12.4 Å². The van der Waals surface area contributed by atoms with E-state index in [1.54, 1.807) is 6.07 Å². The minimum atomic E-state index is -0.0598. The van der Waals surface area contributed by atoms with Crippen molar-refractivity contribution in [2.75, 3.05) is 6.54 Å². The fourth-order valence-corrected chi connectivity index (χ4v) is 3.01. The van der Waals surface area contributed by atoms with Crippen LogP contribution in [0.4, 0.5) is 0 Å². The predicted octanol–water partition coefficient (Wildman–Crippen LogP) is 2.96. The predicted molar refractivity (Wildman–Crippen MR) is 82.3 cm³/mol. The number of halogens is 1. The van der Waals surface area contributed by atoms with Gasteiger partial charge in [0, 0.05) is 12.6 Å². The molecular weight excluding hydrogens is 276 g/mol. The topological polar surface area (TPSA) is 68.3 Å². The number of nitrogens with two attached hydrogens (primary N) is 1. The molecule has 5 heteroatoms. The Balaban J connectivity index is 0.00000200. The summed E-state index contributed by atoms with van der Waals surface area (Å²) in [7, 11) is 0. The Morgan fingerprint density at radius 1 is 1.40 bits per heavy atom. The second kappa shape index (κ2) is 7.70. The van der Waals surface area contributed by atoms with Crippen LogP contribution in [-0.4, -0.2) is 18.5 Å². The molecule has 1 fully saturated rings. The van der Waals surface area contributed by atoms with Crippen LogP contribution in [0.2, 0.25) is 0 Å². The first-order chi connectivity index (χ1) is 9.11. The number of hydrogen-bond donors (Lipinski definition) is 2. The van der Waals surface area contributed by atoms with Gasteiger partial charge in [-0.25, -0.2) is 0 Å². The van der Waals surface area contributed by atoms with E-state index in [0.717, 1.165) is 5.76 Å². The van der Waals surface area contributed by atoms with Crippen molar-refractivity contribution in [2.24, 2.45) is 11.7 Å². The van der Waals surface area contributed by atoms with Crippen LogP contribution in [-0.2, 0) is 0 Å². The fourth-order valence-electron chi connectivity index (χ4n) is 3.01. The smallest absolute Gasteiger partial charge is 0.255 e. The van der Waals surface area contributed by atoms with Gasteiger partial charge < -0.3 is 15.5 Å². The molecule has 0 radical (unpaired) electrons. The molecule has 0 bridgehead atoms. The molecule has 1 aliphatic rings. The zero-order valence-corrected chi connectivity index (χ0v) is 13.1. The highest BCUT2D eigenvalue weighted by molar-refractivity contribution is 5.95. The second-order valence-corrected chi connectivity index (χ2v) is 5.54. The molecule has 0 aliphatic heterocycles. The van der Waals surface area contributed by atoms with Gasteiger partial charge in [0.2, 0.25) is 0 Å². The summed E-state index contributed by atoms with van der Waals surface area (Å²) in [6.45, 7) is 4.18. The third kappa shape index (κ3) is 4.00. The molecule has 114 valence electrons. The Kier molecular flexibility index (Phi) is 6.56. The van der Waals surface area contributed by atoms with E-state index in [4.69, 9.17) is 10.2 Å². The van der Waals surface area contributed by atoms with Gasteiger partial charge in [0.15, 0.2) is 0 Å². The zero-order valence-electron chi connectivity index (χ0n) is 12.3. The van der Waals surface area contributed by atoms with E-state index >= 15 is 0 Å². The molecule has 0 spiro atoms. The van der Waals surface area contributed by atoms with E-state index in [0.29, 0.717) is 23.8 Å². The Bertz CT molecular complexity index is 439. The standard InChI is InChI=1S/C15H24N2O2.ClH/c1-10-8-13(11(2)19-10)15(18)17-14(9-16)12-6-4-3-5-7-12;/h8,12,14H,3-7,9,16H2,1-2H3,(H,17,18);1H. The third-order valence-electron chi connectivity index (χ3n) is 4.07. The van der Waals surface area contributed by atoms with Crippen molar-refractivity contribution in [2.45, 2.75) is 52.0 Å². The number of rotatable bonds is 4. The summed E-state index contributed by atoms with van der Waals surface area (Å²) in [6, 6.07) is 1.88. The molecular formula is C15H25ClN2O2. The quantitative estimate of drug-likeness (QED) is 0.898. The minimum absolute atomic E-state index is 0. The number of carbonyl (C=O) groups is 1. The van der Waals surface area contributed by atoms with Gasteiger partial charge in [-0.3, -0.25) is 4.79 Å². The highest BCUT2D eigenvalue weighted by Crippen LogP contribution is 2.26. The van der Waals surface area contributed by atoms with Crippen molar-refractivity contribution in [3.63, 3.8) is 0 Å². The van der Waals surface area contributed by atoms with Gasteiger partial charge in [0.25, 0.3) is 5.91 Å². The number of amides is 1. The number of aryl methyl sites for hydroxylation is 2. The Hall–Kier alpha value is -1.000. The first-order valence-corrected chi connectivity index (χ1v) is 7.19. The number of furan rings is 1. The molecule has 2 rings (SSSR count). The van der Waals surface area contributed by atoms with Crippen LogP contribution in [0.15, 0.2) is 10.5 Å². The summed E-state index contributed by atoms with van der Waals surface area (Å²) in [5, 5.41) is 3.08. The Morgan fingerprint density at radius 2 is 2.05 bits per heavy atom. The maximum absolute atomic E-state index is 12.3. The van der Waals surface area contributed by atoms with Gasteiger partial charge in [-0.2, -0.15) is 0 Å². The van der Waals surface area contributed by atoms with Crippen LogP contribution in [0, 0.1) is 19.8 Å². The first-order valence-electron chi connectivity index (χ1n) is 7.19. The molecule has 0 aromatic carbocycles. The molecule has 1 aromatic rings. The second-order valence-electron chi connectivity index (χ2n) is 5.54.